The maximum Gasteiger partial charge on any atom is 0.135 e. The summed E-state index contributed by atoms with van der Waals surface area (Å²) in [5.41, 5.74) is 1.77. The lowest BCUT2D eigenvalue weighted by molar-refractivity contribution is 0.448. The number of ether oxygens (including phenoxy) is 1. The largest absolute Gasteiger partial charge is 0.457 e. The van der Waals surface area contributed by atoms with Gasteiger partial charge in [-0.2, -0.15) is 0 Å². The zero-order valence-corrected chi connectivity index (χ0v) is 12.8. The lowest BCUT2D eigenvalue weighted by atomic mass is 10.1. The molecule has 1 N–H and O–H groups in total. The third kappa shape index (κ3) is 3.82. The predicted molar refractivity (Wildman–Crippen MR) is 84.4 cm³/mol. The molecule has 0 aliphatic heterocycles. The Bertz CT molecular complexity index is 598. The summed E-state index contributed by atoms with van der Waals surface area (Å²) in [7, 11) is 0. The molecule has 0 heterocycles. The van der Waals surface area contributed by atoms with Gasteiger partial charge >= 0.3 is 0 Å². The van der Waals surface area contributed by atoms with E-state index in [1.165, 1.54) is 11.6 Å². The van der Waals surface area contributed by atoms with Crippen molar-refractivity contribution in [3.63, 3.8) is 0 Å². The van der Waals surface area contributed by atoms with E-state index >= 15 is 0 Å². The Hall–Kier alpha value is -1.87. The fourth-order valence-corrected chi connectivity index (χ4v) is 2.39. The zero-order chi connectivity index (χ0) is 15.2. The van der Waals surface area contributed by atoms with Crippen molar-refractivity contribution in [3.05, 3.63) is 59.4 Å². The van der Waals surface area contributed by atoms with E-state index in [1.807, 2.05) is 38.1 Å². The van der Waals surface area contributed by atoms with Gasteiger partial charge in [-0.05, 0) is 49.7 Å². The van der Waals surface area contributed by atoms with Gasteiger partial charge in [0.1, 0.15) is 17.3 Å². The molecule has 2 nitrogen and oxygen atoms in total. The highest BCUT2D eigenvalue weighted by atomic mass is 19.1. The normalized spacial score (nSPS) is 12.2. The van der Waals surface area contributed by atoms with E-state index in [4.69, 9.17) is 4.74 Å². The summed E-state index contributed by atoms with van der Waals surface area (Å²) in [5.74, 6) is 1.06. The lowest BCUT2D eigenvalue weighted by Crippen LogP contribution is -2.19. The second kappa shape index (κ2) is 7.23. The lowest BCUT2D eigenvalue weighted by Gasteiger charge is -2.18. The zero-order valence-electron chi connectivity index (χ0n) is 12.8. The Morgan fingerprint density at radius 2 is 1.90 bits per heavy atom. The molecule has 2 rings (SSSR count). The van der Waals surface area contributed by atoms with E-state index in [-0.39, 0.29) is 11.9 Å². The highest BCUT2D eigenvalue weighted by Gasteiger charge is 2.16. The van der Waals surface area contributed by atoms with Gasteiger partial charge in [0.15, 0.2) is 0 Å². The predicted octanol–water partition coefficient (Wildman–Crippen LogP) is 4.85. The molecule has 3 heteroatoms. The summed E-state index contributed by atoms with van der Waals surface area (Å²) in [5, 5.41) is 3.23. The van der Waals surface area contributed by atoms with E-state index in [0.29, 0.717) is 11.3 Å². The molecule has 0 saturated heterocycles. The van der Waals surface area contributed by atoms with Gasteiger partial charge in [-0.25, -0.2) is 4.39 Å². The highest BCUT2D eigenvalue weighted by Crippen LogP contribution is 2.32. The molecule has 0 aromatic heterocycles. The van der Waals surface area contributed by atoms with Crippen molar-refractivity contribution in [1.82, 2.24) is 5.32 Å². The summed E-state index contributed by atoms with van der Waals surface area (Å²) < 4.78 is 20.1. The summed E-state index contributed by atoms with van der Waals surface area (Å²) in [4.78, 5) is 0. The van der Waals surface area contributed by atoms with Crippen molar-refractivity contribution in [3.8, 4) is 11.5 Å². The summed E-state index contributed by atoms with van der Waals surface area (Å²) in [6, 6.07) is 12.8. The minimum atomic E-state index is -0.243. The molecule has 0 fully saturated rings. The Morgan fingerprint density at radius 3 is 2.62 bits per heavy atom. The first-order valence-electron chi connectivity index (χ1n) is 7.44. The smallest absolute Gasteiger partial charge is 0.135 e. The molecule has 0 saturated carbocycles. The van der Waals surface area contributed by atoms with Crippen LogP contribution in [0, 0.1) is 5.82 Å². The minimum Gasteiger partial charge on any atom is -0.457 e. The van der Waals surface area contributed by atoms with Crippen LogP contribution in [0.25, 0.3) is 0 Å². The first-order valence-corrected chi connectivity index (χ1v) is 7.44. The van der Waals surface area contributed by atoms with E-state index in [1.54, 1.807) is 6.07 Å². The van der Waals surface area contributed by atoms with Crippen molar-refractivity contribution >= 4 is 0 Å². The Morgan fingerprint density at radius 1 is 1.14 bits per heavy atom. The van der Waals surface area contributed by atoms with Crippen molar-refractivity contribution < 1.29 is 9.13 Å². The van der Waals surface area contributed by atoms with Crippen LogP contribution in [0.5, 0.6) is 11.5 Å². The molecular weight excluding hydrogens is 265 g/mol. The molecule has 0 amide bonds. The number of benzene rings is 2. The minimum absolute atomic E-state index is 0.0967. The molecule has 112 valence electrons. The van der Waals surface area contributed by atoms with Crippen LogP contribution in [-0.4, -0.2) is 6.54 Å². The van der Waals surface area contributed by atoms with Crippen molar-refractivity contribution in [2.45, 2.75) is 33.2 Å². The maximum atomic E-state index is 14.2. The van der Waals surface area contributed by atoms with Crippen LogP contribution in [0.2, 0.25) is 0 Å². The van der Waals surface area contributed by atoms with E-state index in [9.17, 15) is 4.39 Å². The van der Waals surface area contributed by atoms with Crippen LogP contribution in [0.4, 0.5) is 4.39 Å². The van der Waals surface area contributed by atoms with Gasteiger partial charge in [0.05, 0.1) is 0 Å². The molecule has 0 aliphatic rings. The third-order valence-electron chi connectivity index (χ3n) is 3.49. The number of hydrogen-bond donors (Lipinski definition) is 1. The van der Waals surface area contributed by atoms with E-state index in [2.05, 4.69) is 18.3 Å². The number of rotatable bonds is 6. The van der Waals surface area contributed by atoms with Gasteiger partial charge in [-0.15, -0.1) is 0 Å². The van der Waals surface area contributed by atoms with Gasteiger partial charge in [0.2, 0.25) is 0 Å². The van der Waals surface area contributed by atoms with Gasteiger partial charge < -0.3 is 10.1 Å². The average Bonchev–Trinajstić information content (AvgIpc) is 2.47. The molecule has 0 radical (unpaired) electrons. The fraction of sp³-hybridized carbons (Fsp3) is 0.333. The molecular formula is C18H22FNO. The maximum absolute atomic E-state index is 14.2. The summed E-state index contributed by atoms with van der Waals surface area (Å²) in [6.45, 7) is 6.82. The molecule has 0 spiro atoms. The van der Waals surface area contributed by atoms with Crippen molar-refractivity contribution in [2.75, 3.05) is 6.54 Å². The van der Waals surface area contributed by atoms with Crippen LogP contribution in [0.3, 0.4) is 0 Å². The molecule has 2 aromatic rings. The van der Waals surface area contributed by atoms with Crippen LogP contribution in [0.15, 0.2) is 42.5 Å². The highest BCUT2D eigenvalue weighted by molar-refractivity contribution is 5.41. The molecule has 0 bridgehead atoms. The summed E-state index contributed by atoms with van der Waals surface area (Å²) in [6.07, 6.45) is 0.945. The van der Waals surface area contributed by atoms with Crippen LogP contribution >= 0.6 is 0 Å². The summed E-state index contributed by atoms with van der Waals surface area (Å²) >= 11 is 0. The second-order valence-electron chi connectivity index (χ2n) is 5.03. The molecule has 0 aliphatic carbocycles. The number of aryl methyl sites for hydroxylation is 1. The Kier molecular flexibility index (Phi) is 5.34. The quantitative estimate of drug-likeness (QED) is 0.820. The fourth-order valence-electron chi connectivity index (χ4n) is 2.39. The molecule has 21 heavy (non-hydrogen) atoms. The topological polar surface area (TPSA) is 21.3 Å². The molecule has 2 aromatic carbocycles. The Balaban J connectivity index is 2.32. The monoisotopic (exact) mass is 287 g/mol. The van der Waals surface area contributed by atoms with Gasteiger partial charge in [0.25, 0.3) is 0 Å². The van der Waals surface area contributed by atoms with Gasteiger partial charge in [0, 0.05) is 11.6 Å². The van der Waals surface area contributed by atoms with Crippen LogP contribution in [0.1, 0.15) is 37.9 Å². The Labute approximate surface area is 126 Å². The molecule has 1 unspecified atom stereocenters. The third-order valence-corrected chi connectivity index (χ3v) is 3.49. The number of nitrogens with one attached hydrogen (secondary N) is 1. The number of hydrogen-bond acceptors (Lipinski definition) is 2. The number of halogens is 1. The second-order valence-corrected chi connectivity index (χ2v) is 5.03. The van der Waals surface area contributed by atoms with Crippen molar-refractivity contribution in [2.24, 2.45) is 0 Å². The first-order chi connectivity index (χ1) is 10.2. The first kappa shape index (κ1) is 15.5. The van der Waals surface area contributed by atoms with E-state index < -0.39 is 0 Å². The van der Waals surface area contributed by atoms with E-state index in [0.717, 1.165) is 18.7 Å². The van der Waals surface area contributed by atoms with Crippen LogP contribution < -0.4 is 10.1 Å². The molecule has 1 atom stereocenters. The standard InChI is InChI=1S/C18H22FNO/c1-4-14-8-6-9-15(12-14)21-17-11-7-10-16(19)18(17)13(3)20-5-2/h6-13,20H,4-5H2,1-3H3. The van der Waals surface area contributed by atoms with Gasteiger partial charge in [-0.3, -0.25) is 0 Å². The average molecular weight is 287 g/mol. The van der Waals surface area contributed by atoms with Crippen molar-refractivity contribution in [1.29, 1.82) is 0 Å². The van der Waals surface area contributed by atoms with Crippen LogP contribution in [-0.2, 0) is 6.42 Å². The SMILES string of the molecule is CCNC(C)c1c(F)cccc1Oc1cccc(CC)c1. The van der Waals surface area contributed by atoms with Gasteiger partial charge in [-0.1, -0.05) is 32.0 Å².